The maximum absolute atomic E-state index is 10.9. The number of methoxy groups -OCH3 is 1. The summed E-state index contributed by atoms with van der Waals surface area (Å²) in [5.74, 6) is 0.252. The molecule has 1 aromatic rings. The van der Waals surface area contributed by atoms with Crippen molar-refractivity contribution >= 4 is 17.5 Å². The number of amides is 1. The number of ether oxygens (including phenoxy) is 3. The molecule has 1 saturated heterocycles. The van der Waals surface area contributed by atoms with Gasteiger partial charge in [-0.2, -0.15) is 0 Å². The highest BCUT2D eigenvalue weighted by Crippen LogP contribution is 2.36. The van der Waals surface area contributed by atoms with E-state index in [1.54, 1.807) is 6.07 Å². The summed E-state index contributed by atoms with van der Waals surface area (Å²) in [4.78, 5) is 13.3. The van der Waals surface area contributed by atoms with E-state index in [0.29, 0.717) is 23.1 Å². The van der Waals surface area contributed by atoms with Gasteiger partial charge in [0.25, 0.3) is 5.91 Å². The summed E-state index contributed by atoms with van der Waals surface area (Å²) in [6.45, 7) is 6.10. The number of morpholine rings is 1. The van der Waals surface area contributed by atoms with E-state index in [4.69, 9.17) is 31.5 Å². The number of nitrogens with one attached hydrogen (secondary N) is 1. The molecule has 2 rings (SSSR count). The Morgan fingerprint density at radius 3 is 2.67 bits per heavy atom. The van der Waals surface area contributed by atoms with Gasteiger partial charge in [0.15, 0.2) is 18.1 Å². The third-order valence-electron chi connectivity index (χ3n) is 3.91. The van der Waals surface area contributed by atoms with Gasteiger partial charge in [-0.05, 0) is 37.2 Å². The average molecular weight is 443 g/mol. The van der Waals surface area contributed by atoms with Crippen LogP contribution in [0.25, 0.3) is 0 Å². The zero-order chi connectivity index (χ0) is 18.1. The average Bonchev–Trinajstić information content (AvgIpc) is 2.60. The second kappa shape index (κ2) is 14.1. The number of carbonyl (C=O) groups excluding carboxylic acids is 1. The number of hydrogen-bond acceptors (Lipinski definition) is 6. The molecule has 1 heterocycles. The summed E-state index contributed by atoms with van der Waals surface area (Å²) < 4.78 is 16.0. The van der Waals surface area contributed by atoms with Crippen LogP contribution in [0.4, 0.5) is 0 Å². The molecule has 1 aliphatic heterocycles. The number of primary amides is 1. The minimum Gasteiger partial charge on any atom is -1.00 e. The molecule has 1 amide bonds. The molecular weight excluding hydrogens is 417 g/mol. The van der Waals surface area contributed by atoms with Gasteiger partial charge in [0, 0.05) is 19.6 Å². The third kappa shape index (κ3) is 9.19. The lowest BCUT2D eigenvalue weighted by Crippen LogP contribution is -3.00. The van der Waals surface area contributed by atoms with Gasteiger partial charge in [0.05, 0.1) is 25.3 Å². The molecule has 0 radical (unpaired) electrons. The molecule has 0 atom stereocenters. The molecule has 0 aliphatic carbocycles. The van der Waals surface area contributed by atoms with Gasteiger partial charge in [-0.1, -0.05) is 11.6 Å². The van der Waals surface area contributed by atoms with E-state index in [-0.39, 0.29) is 31.4 Å². The lowest BCUT2D eigenvalue weighted by Gasteiger charge is -2.26. The molecule has 7 nitrogen and oxygen atoms in total. The van der Waals surface area contributed by atoms with Crippen molar-refractivity contribution in [2.75, 3.05) is 53.1 Å². The smallest absolute Gasteiger partial charge is 0.255 e. The number of nitrogens with two attached hydrogens (primary N) is 1. The van der Waals surface area contributed by atoms with Gasteiger partial charge < -0.3 is 50.1 Å². The predicted octanol–water partition coefficient (Wildman–Crippen LogP) is -4.97. The van der Waals surface area contributed by atoms with Crippen molar-refractivity contribution in [2.45, 2.75) is 13.0 Å². The number of nitrogens with zero attached hydrogens (tertiary/aromatic N) is 1. The first-order valence-electron chi connectivity index (χ1n) is 8.38. The Labute approximate surface area is 177 Å². The molecule has 10 heteroatoms. The fraction of sp³-hybridized carbons (Fsp3) is 0.588. The van der Waals surface area contributed by atoms with Gasteiger partial charge in [-0.15, -0.1) is 0 Å². The van der Waals surface area contributed by atoms with E-state index < -0.39 is 5.91 Å². The summed E-state index contributed by atoms with van der Waals surface area (Å²) in [6.07, 6.45) is 1.07. The van der Waals surface area contributed by atoms with Gasteiger partial charge in [-0.25, -0.2) is 0 Å². The summed E-state index contributed by atoms with van der Waals surface area (Å²) in [7, 11) is 1.53. The normalized spacial score (nSPS) is 14.0. The van der Waals surface area contributed by atoms with E-state index in [1.807, 2.05) is 6.07 Å². The van der Waals surface area contributed by atoms with Crippen molar-refractivity contribution in [1.29, 1.82) is 0 Å². The Balaban J connectivity index is 0.00000338. The van der Waals surface area contributed by atoms with Crippen molar-refractivity contribution in [3.63, 3.8) is 0 Å². The largest absolute Gasteiger partial charge is 1.00 e. The highest BCUT2D eigenvalue weighted by atomic mass is 35.5. The molecule has 0 bridgehead atoms. The SMILES string of the molecule is COc1cc(CNCCCN2CCOCC2)cc(Cl)c1OCC(N)=O.[Cl-].[Cl-]. The number of rotatable bonds is 10. The molecule has 3 N–H and O–H groups in total. The van der Waals surface area contributed by atoms with Gasteiger partial charge in [0.1, 0.15) is 0 Å². The van der Waals surface area contributed by atoms with Crippen molar-refractivity contribution in [3.05, 3.63) is 22.7 Å². The molecule has 0 spiro atoms. The number of benzene rings is 1. The summed E-state index contributed by atoms with van der Waals surface area (Å²) in [6, 6.07) is 3.65. The molecule has 0 saturated carbocycles. The molecular formula is C17H26Cl3N3O4-2. The maximum atomic E-state index is 10.9. The van der Waals surface area contributed by atoms with Crippen LogP contribution in [0.1, 0.15) is 12.0 Å². The zero-order valence-electron chi connectivity index (χ0n) is 15.3. The van der Waals surface area contributed by atoms with Crippen LogP contribution in [0.3, 0.4) is 0 Å². The Morgan fingerprint density at radius 1 is 1.33 bits per heavy atom. The van der Waals surface area contributed by atoms with Crippen LogP contribution in [0.5, 0.6) is 11.5 Å². The van der Waals surface area contributed by atoms with Gasteiger partial charge in [0.2, 0.25) is 0 Å². The van der Waals surface area contributed by atoms with Crippen LogP contribution in [0.15, 0.2) is 12.1 Å². The Bertz CT molecular complexity index is 573. The molecule has 156 valence electrons. The van der Waals surface area contributed by atoms with E-state index in [0.717, 1.165) is 51.4 Å². The Kier molecular flexibility index (Phi) is 13.6. The quantitative estimate of drug-likeness (QED) is 0.353. The fourth-order valence-corrected chi connectivity index (χ4v) is 2.93. The molecule has 1 fully saturated rings. The van der Waals surface area contributed by atoms with E-state index in [1.165, 1.54) is 7.11 Å². The summed E-state index contributed by atoms with van der Waals surface area (Å²) in [5.41, 5.74) is 6.08. The van der Waals surface area contributed by atoms with Crippen molar-refractivity contribution in [1.82, 2.24) is 10.2 Å². The monoisotopic (exact) mass is 441 g/mol. The lowest BCUT2D eigenvalue weighted by atomic mass is 10.2. The second-order valence-corrected chi connectivity index (χ2v) is 6.26. The van der Waals surface area contributed by atoms with Gasteiger partial charge in [-0.3, -0.25) is 9.69 Å². The van der Waals surface area contributed by atoms with Crippen LogP contribution in [0.2, 0.25) is 5.02 Å². The van der Waals surface area contributed by atoms with Crippen LogP contribution >= 0.6 is 11.6 Å². The van der Waals surface area contributed by atoms with Gasteiger partial charge >= 0.3 is 0 Å². The predicted molar refractivity (Wildman–Crippen MR) is 96.3 cm³/mol. The van der Waals surface area contributed by atoms with Crippen LogP contribution in [0, 0.1) is 0 Å². The summed E-state index contributed by atoms with van der Waals surface area (Å²) in [5, 5.41) is 3.80. The number of carbonyl (C=O) groups is 1. The van der Waals surface area contributed by atoms with Crippen LogP contribution in [-0.2, 0) is 16.1 Å². The van der Waals surface area contributed by atoms with E-state index in [2.05, 4.69) is 10.2 Å². The zero-order valence-corrected chi connectivity index (χ0v) is 17.6. The lowest BCUT2D eigenvalue weighted by molar-refractivity contribution is -0.119. The molecule has 0 aromatic heterocycles. The molecule has 27 heavy (non-hydrogen) atoms. The third-order valence-corrected chi connectivity index (χ3v) is 4.19. The van der Waals surface area contributed by atoms with E-state index in [9.17, 15) is 4.79 Å². The standard InChI is InChI=1S/C17H26ClN3O4.2ClH/c1-23-15-10-13(9-14(18)17(15)25-12-16(19)22)11-20-3-2-4-21-5-7-24-8-6-21;;/h9-10,20H,2-8,11-12H2,1H3,(H2,19,22);2*1H/p-2. The van der Waals surface area contributed by atoms with E-state index >= 15 is 0 Å². The van der Waals surface area contributed by atoms with Crippen molar-refractivity contribution in [2.24, 2.45) is 5.73 Å². The Hall–Kier alpha value is -0.960. The van der Waals surface area contributed by atoms with Crippen molar-refractivity contribution in [3.8, 4) is 11.5 Å². The second-order valence-electron chi connectivity index (χ2n) is 5.85. The molecule has 1 aromatic carbocycles. The van der Waals surface area contributed by atoms with Crippen molar-refractivity contribution < 1.29 is 43.8 Å². The van der Waals surface area contributed by atoms with Crippen LogP contribution < -0.4 is 45.3 Å². The molecule has 1 aliphatic rings. The highest BCUT2D eigenvalue weighted by Gasteiger charge is 2.13. The Morgan fingerprint density at radius 2 is 2.04 bits per heavy atom. The topological polar surface area (TPSA) is 86.1 Å². The molecule has 0 unspecified atom stereocenters. The number of halogens is 3. The van der Waals surface area contributed by atoms with Crippen LogP contribution in [-0.4, -0.2) is 63.9 Å². The minimum absolute atomic E-state index is 0. The highest BCUT2D eigenvalue weighted by molar-refractivity contribution is 6.32. The summed E-state index contributed by atoms with van der Waals surface area (Å²) >= 11 is 6.24. The first-order chi connectivity index (χ1) is 12.1. The number of hydrogen-bond donors (Lipinski definition) is 2. The first-order valence-corrected chi connectivity index (χ1v) is 8.76. The maximum Gasteiger partial charge on any atom is 0.255 e. The minimum atomic E-state index is -0.566. The fourth-order valence-electron chi connectivity index (χ4n) is 2.64. The first kappa shape index (κ1) is 26.0.